The molecule has 0 radical (unpaired) electrons. The predicted octanol–water partition coefficient (Wildman–Crippen LogP) is 3.81. The lowest BCUT2D eigenvalue weighted by atomic mass is 10.3. The number of halogens is 2. The number of rotatable bonds is 4. The Morgan fingerprint density at radius 2 is 2.06 bits per heavy atom. The van der Waals surface area contributed by atoms with Crippen LogP contribution in [-0.4, -0.2) is 31.4 Å². The quantitative estimate of drug-likeness (QED) is 0.429. The van der Waals surface area contributed by atoms with Crippen LogP contribution in [0.1, 0.15) is 24.6 Å². The number of nitrogens with one attached hydrogen (secondary N) is 1. The molecule has 1 unspecified atom stereocenters. The van der Waals surface area contributed by atoms with Crippen LogP contribution in [0.4, 0.5) is 4.39 Å². The van der Waals surface area contributed by atoms with Gasteiger partial charge in [-0.25, -0.2) is 13.8 Å². The number of fused-ring (bicyclic) bond motifs is 2. The fourth-order valence-electron chi connectivity index (χ4n) is 4.14. The number of hydrogen-bond acceptors (Lipinski definition) is 5. The molecule has 1 fully saturated rings. The second kappa shape index (κ2) is 7.32. The number of pyridine rings is 1. The summed E-state index contributed by atoms with van der Waals surface area (Å²) in [5, 5.41) is 7.20. The Morgan fingerprint density at radius 3 is 2.82 bits per heavy atom. The van der Waals surface area contributed by atoms with Crippen molar-refractivity contribution in [1.82, 2.24) is 24.3 Å². The Hall–Kier alpha value is -3.37. The van der Waals surface area contributed by atoms with E-state index < -0.39 is 28.0 Å². The summed E-state index contributed by atoms with van der Waals surface area (Å²) < 4.78 is 22.2. The second-order valence-corrected chi connectivity index (χ2v) is 10.2. The zero-order valence-corrected chi connectivity index (χ0v) is 18.9. The van der Waals surface area contributed by atoms with Gasteiger partial charge in [0.15, 0.2) is 11.6 Å². The molecule has 1 atom stereocenters. The summed E-state index contributed by atoms with van der Waals surface area (Å²) in [6.07, 6.45) is 8.53. The lowest BCUT2D eigenvalue weighted by Gasteiger charge is -2.19. The number of aromatic nitrogens is 5. The van der Waals surface area contributed by atoms with Gasteiger partial charge < -0.3 is 9.72 Å². The van der Waals surface area contributed by atoms with Crippen molar-refractivity contribution in [3.05, 3.63) is 73.5 Å². The molecule has 1 saturated carbocycles. The van der Waals surface area contributed by atoms with Crippen LogP contribution in [0.3, 0.4) is 0 Å². The third kappa shape index (κ3) is 3.05. The van der Waals surface area contributed by atoms with Crippen molar-refractivity contribution in [3.8, 4) is 11.4 Å². The van der Waals surface area contributed by atoms with Crippen LogP contribution in [0.15, 0.2) is 55.5 Å². The average molecular weight is 486 g/mol. The molecule has 0 spiro atoms. The van der Waals surface area contributed by atoms with Gasteiger partial charge in [0.05, 0.1) is 52.4 Å². The first-order valence-corrected chi connectivity index (χ1v) is 12.0. The third-order valence-electron chi connectivity index (χ3n) is 5.83. The molecule has 4 heterocycles. The molecule has 3 aromatic heterocycles. The normalized spacial score (nSPS) is 18.1. The Morgan fingerprint density at radius 1 is 1.24 bits per heavy atom. The minimum absolute atomic E-state index is 0.0332. The van der Waals surface area contributed by atoms with E-state index in [0.717, 1.165) is 22.8 Å². The standard InChI is InChI=1S/C22H17ClFN5O3S/c1-32-17-7-18(13(23)6-14(17)24)33-5-4-15-20(33)21(30)28(22(31)27-15)16-10-25-8-11-9-26-29(19(11)16)12-2-3-12/h4-10,12,33H,2-3H2,1H3,(H,27,31). The van der Waals surface area contributed by atoms with Crippen molar-refractivity contribution in [3.63, 3.8) is 0 Å². The number of benzene rings is 1. The summed E-state index contributed by atoms with van der Waals surface area (Å²) in [5.74, 6) is -0.555. The van der Waals surface area contributed by atoms with E-state index in [-0.39, 0.29) is 16.8 Å². The van der Waals surface area contributed by atoms with Crippen molar-refractivity contribution < 1.29 is 9.13 Å². The molecule has 2 aliphatic rings. The van der Waals surface area contributed by atoms with Gasteiger partial charge in [-0.2, -0.15) is 16.0 Å². The highest BCUT2D eigenvalue weighted by molar-refractivity contribution is 8.20. The maximum atomic E-state index is 14.1. The summed E-state index contributed by atoms with van der Waals surface area (Å²) in [5.41, 5.74) is 0.443. The summed E-state index contributed by atoms with van der Waals surface area (Å²) in [6, 6.07) is 2.92. The molecule has 33 heavy (non-hydrogen) atoms. The number of H-pyrrole nitrogens is 1. The van der Waals surface area contributed by atoms with E-state index in [1.807, 2.05) is 10.1 Å². The predicted molar refractivity (Wildman–Crippen MR) is 125 cm³/mol. The number of aromatic amines is 1. The smallest absolute Gasteiger partial charge is 0.333 e. The molecule has 6 rings (SSSR count). The molecule has 0 saturated heterocycles. The monoisotopic (exact) mass is 485 g/mol. The van der Waals surface area contributed by atoms with Crippen LogP contribution in [0, 0.1) is 5.82 Å². The van der Waals surface area contributed by atoms with E-state index in [1.54, 1.807) is 18.5 Å². The molecule has 1 aromatic carbocycles. The maximum absolute atomic E-state index is 14.1. The minimum Gasteiger partial charge on any atom is -0.494 e. The molecule has 1 aliphatic heterocycles. The number of ether oxygens (including phenoxy) is 1. The number of methoxy groups -OCH3 is 1. The van der Waals surface area contributed by atoms with Crippen LogP contribution in [0.2, 0.25) is 5.02 Å². The van der Waals surface area contributed by atoms with Crippen molar-refractivity contribution in [2.45, 2.75) is 28.7 Å². The van der Waals surface area contributed by atoms with Crippen molar-refractivity contribution in [2.24, 2.45) is 0 Å². The SMILES string of the molecule is COc1cc([SH]2C=Cc3[nH]c(=O)n(-c4cncc5cnn(C6CC6)c45)c(=O)c32)c(Cl)cc1F. The topological polar surface area (TPSA) is 94.8 Å². The van der Waals surface area contributed by atoms with Crippen LogP contribution in [0.25, 0.3) is 22.7 Å². The average Bonchev–Trinajstić information content (AvgIpc) is 3.40. The van der Waals surface area contributed by atoms with E-state index in [1.165, 1.54) is 25.4 Å². The lowest BCUT2D eigenvalue weighted by molar-refractivity contribution is 0.385. The third-order valence-corrected chi connectivity index (χ3v) is 8.52. The molecule has 11 heteroatoms. The summed E-state index contributed by atoms with van der Waals surface area (Å²) in [7, 11) is -0.0320. The van der Waals surface area contributed by atoms with Crippen molar-refractivity contribution in [1.29, 1.82) is 0 Å². The summed E-state index contributed by atoms with van der Waals surface area (Å²) in [6.45, 7) is 0. The van der Waals surface area contributed by atoms with Crippen molar-refractivity contribution in [2.75, 3.05) is 7.11 Å². The number of thiol groups is 1. The molecule has 1 aliphatic carbocycles. The first-order chi connectivity index (χ1) is 16.0. The molecule has 0 bridgehead atoms. The molecule has 168 valence electrons. The molecular weight excluding hydrogens is 469 g/mol. The van der Waals surface area contributed by atoms with Gasteiger partial charge in [0, 0.05) is 16.5 Å². The highest BCUT2D eigenvalue weighted by atomic mass is 35.5. The summed E-state index contributed by atoms with van der Waals surface area (Å²) >= 11 is 6.36. The van der Waals surface area contributed by atoms with Crippen LogP contribution >= 0.6 is 22.5 Å². The highest BCUT2D eigenvalue weighted by Crippen LogP contribution is 2.53. The fraction of sp³-hybridized carbons (Fsp3) is 0.182. The Labute approximate surface area is 193 Å². The number of hydrogen-bond donors (Lipinski definition) is 2. The Kier molecular flexibility index (Phi) is 4.49. The maximum Gasteiger partial charge on any atom is 0.333 e. The van der Waals surface area contributed by atoms with Gasteiger partial charge in [0.2, 0.25) is 0 Å². The van der Waals surface area contributed by atoms with Gasteiger partial charge in [-0.3, -0.25) is 14.5 Å². The Bertz CT molecular complexity index is 1600. The zero-order chi connectivity index (χ0) is 22.9. The fourth-order valence-corrected chi connectivity index (χ4v) is 6.66. The van der Waals surface area contributed by atoms with E-state index in [4.69, 9.17) is 16.3 Å². The lowest BCUT2D eigenvalue weighted by Crippen LogP contribution is -2.36. The van der Waals surface area contributed by atoms with E-state index >= 15 is 0 Å². The molecule has 0 amide bonds. The van der Waals surface area contributed by atoms with Gasteiger partial charge in [-0.15, -0.1) is 0 Å². The first kappa shape index (κ1) is 20.3. The first-order valence-electron chi connectivity index (χ1n) is 10.2. The van der Waals surface area contributed by atoms with Gasteiger partial charge in [-0.05, 0) is 36.5 Å². The second-order valence-electron chi connectivity index (χ2n) is 7.87. The van der Waals surface area contributed by atoms with Gasteiger partial charge in [-0.1, -0.05) is 11.6 Å². The zero-order valence-electron chi connectivity index (χ0n) is 17.2. The Balaban J connectivity index is 1.59. The van der Waals surface area contributed by atoms with Crippen LogP contribution in [0.5, 0.6) is 5.75 Å². The highest BCUT2D eigenvalue weighted by Gasteiger charge is 2.30. The molecule has 8 nitrogen and oxygen atoms in total. The number of nitrogens with zero attached hydrogens (tertiary/aromatic N) is 4. The van der Waals surface area contributed by atoms with Crippen LogP contribution < -0.4 is 16.0 Å². The largest absolute Gasteiger partial charge is 0.494 e. The van der Waals surface area contributed by atoms with E-state index in [2.05, 4.69) is 15.1 Å². The van der Waals surface area contributed by atoms with Gasteiger partial charge >= 0.3 is 5.69 Å². The molecule has 1 N–H and O–H groups in total. The van der Waals surface area contributed by atoms with E-state index in [9.17, 15) is 14.0 Å². The van der Waals surface area contributed by atoms with Gasteiger partial charge in [0.25, 0.3) is 5.56 Å². The molecular formula is C22H17ClFN5O3S. The minimum atomic E-state index is -1.40. The summed E-state index contributed by atoms with van der Waals surface area (Å²) in [4.78, 5) is 34.8. The van der Waals surface area contributed by atoms with Gasteiger partial charge in [0.1, 0.15) is 0 Å². The van der Waals surface area contributed by atoms with Crippen molar-refractivity contribution >= 4 is 39.5 Å². The molecule has 4 aromatic rings. The van der Waals surface area contributed by atoms with E-state index in [0.29, 0.717) is 26.7 Å². The van der Waals surface area contributed by atoms with Crippen LogP contribution in [-0.2, 0) is 0 Å².